The van der Waals surface area contributed by atoms with Crippen LogP contribution in [0.15, 0.2) is 84.0 Å². The first-order valence-corrected chi connectivity index (χ1v) is 10.9. The molecule has 3 aromatic rings. The third-order valence-corrected chi connectivity index (χ3v) is 5.32. The summed E-state index contributed by atoms with van der Waals surface area (Å²) in [6.07, 6.45) is -0.430. The zero-order valence-electron chi connectivity index (χ0n) is 18.1. The fraction of sp³-hybridized carbons (Fsp3) is 0.269. The first-order valence-electron chi connectivity index (χ1n) is 10.9. The van der Waals surface area contributed by atoms with Gasteiger partial charge in [-0.3, -0.25) is 4.90 Å². The minimum Gasteiger partial charge on any atom is -0.491 e. The number of hydrogen-bond donors (Lipinski definition) is 1. The largest absolute Gasteiger partial charge is 0.491 e. The van der Waals surface area contributed by atoms with Crippen molar-refractivity contribution in [2.75, 3.05) is 19.7 Å². The quantitative estimate of drug-likeness (QED) is 0.496. The van der Waals surface area contributed by atoms with Crippen molar-refractivity contribution in [2.24, 2.45) is 5.16 Å². The molecule has 0 radical (unpaired) electrons. The summed E-state index contributed by atoms with van der Waals surface area (Å²) in [5.74, 6) is 0.0759. The fourth-order valence-electron chi connectivity index (χ4n) is 3.78. The molecule has 0 aromatic heterocycles. The van der Waals surface area contributed by atoms with Crippen LogP contribution in [0.3, 0.4) is 0 Å². The Morgan fingerprint density at radius 2 is 1.79 bits per heavy atom. The number of oxime groups is 1. The maximum Gasteiger partial charge on any atom is 0.145 e. The van der Waals surface area contributed by atoms with Crippen LogP contribution < -0.4 is 4.74 Å². The lowest BCUT2D eigenvalue weighted by molar-refractivity contribution is 0.0213. The van der Waals surface area contributed by atoms with Gasteiger partial charge in [-0.15, -0.1) is 0 Å². The molecule has 0 fully saturated rings. The molecule has 0 saturated carbocycles. The van der Waals surface area contributed by atoms with E-state index in [4.69, 9.17) is 9.57 Å². The zero-order chi connectivity index (χ0) is 23.0. The lowest BCUT2D eigenvalue weighted by atomic mass is 10.0. The van der Waals surface area contributed by atoms with Gasteiger partial charge in [0.1, 0.15) is 36.2 Å². The van der Waals surface area contributed by atoms with Crippen LogP contribution in [0.1, 0.15) is 17.5 Å². The SMILES string of the molecule is O[C@@H](COc1ccccc1)CN(Cc1cccc(F)c1)C[C@H]1CC(c2ccc(F)cc2)=NO1. The topological polar surface area (TPSA) is 54.3 Å². The van der Waals surface area contributed by atoms with E-state index in [2.05, 4.69) is 5.16 Å². The molecule has 0 unspecified atom stereocenters. The molecule has 172 valence electrons. The highest BCUT2D eigenvalue weighted by Gasteiger charge is 2.26. The van der Waals surface area contributed by atoms with Crippen molar-refractivity contribution in [3.05, 3.63) is 102 Å². The Morgan fingerprint density at radius 1 is 1.00 bits per heavy atom. The van der Waals surface area contributed by atoms with E-state index in [1.54, 1.807) is 18.2 Å². The summed E-state index contributed by atoms with van der Waals surface area (Å²) in [5, 5.41) is 14.8. The Balaban J connectivity index is 1.37. The molecule has 7 heteroatoms. The lowest BCUT2D eigenvalue weighted by Crippen LogP contribution is -2.39. The van der Waals surface area contributed by atoms with Crippen LogP contribution in [-0.4, -0.2) is 47.6 Å². The molecule has 33 heavy (non-hydrogen) atoms. The second-order valence-electron chi connectivity index (χ2n) is 8.08. The van der Waals surface area contributed by atoms with Gasteiger partial charge in [0, 0.05) is 26.1 Å². The number of benzene rings is 3. The van der Waals surface area contributed by atoms with Crippen LogP contribution in [0.25, 0.3) is 0 Å². The van der Waals surface area contributed by atoms with Gasteiger partial charge in [0.15, 0.2) is 0 Å². The Morgan fingerprint density at radius 3 is 2.55 bits per heavy atom. The molecule has 4 rings (SSSR count). The lowest BCUT2D eigenvalue weighted by Gasteiger charge is -2.27. The van der Waals surface area contributed by atoms with Crippen molar-refractivity contribution in [2.45, 2.75) is 25.2 Å². The normalized spacial score (nSPS) is 16.4. The van der Waals surface area contributed by atoms with E-state index in [-0.39, 0.29) is 24.3 Å². The third-order valence-electron chi connectivity index (χ3n) is 5.32. The molecule has 1 aliphatic heterocycles. The van der Waals surface area contributed by atoms with Crippen LogP contribution in [0.5, 0.6) is 5.75 Å². The molecular formula is C26H26F2N2O3. The zero-order valence-corrected chi connectivity index (χ0v) is 18.1. The first-order chi connectivity index (χ1) is 16.0. The maximum absolute atomic E-state index is 13.7. The van der Waals surface area contributed by atoms with E-state index in [1.807, 2.05) is 41.3 Å². The van der Waals surface area contributed by atoms with Gasteiger partial charge < -0.3 is 14.7 Å². The van der Waals surface area contributed by atoms with Gasteiger partial charge in [-0.2, -0.15) is 0 Å². The molecule has 0 spiro atoms. The van der Waals surface area contributed by atoms with Gasteiger partial charge in [-0.1, -0.05) is 47.6 Å². The number of ether oxygens (including phenoxy) is 1. The summed E-state index contributed by atoms with van der Waals surface area (Å²) < 4.78 is 32.6. The predicted molar refractivity (Wildman–Crippen MR) is 122 cm³/mol. The number of aliphatic hydroxyl groups is 1. The summed E-state index contributed by atoms with van der Waals surface area (Å²) in [5.41, 5.74) is 2.36. The van der Waals surface area contributed by atoms with Gasteiger partial charge in [0.05, 0.1) is 5.71 Å². The van der Waals surface area contributed by atoms with Crippen molar-refractivity contribution in [3.8, 4) is 5.75 Å². The molecule has 0 bridgehead atoms. The number of para-hydroxylation sites is 1. The van der Waals surface area contributed by atoms with Crippen LogP contribution in [0, 0.1) is 11.6 Å². The molecule has 5 nitrogen and oxygen atoms in total. The van der Waals surface area contributed by atoms with E-state index < -0.39 is 6.10 Å². The standard InChI is InChI=1S/C26H26F2N2O3/c27-21-11-9-20(10-12-21)26-14-25(33-29-26)17-30(15-19-5-4-6-22(28)13-19)16-23(31)18-32-24-7-2-1-3-8-24/h1-13,23,25,31H,14-18H2/t23-,25-/m1/s1. The molecule has 1 N–H and O–H groups in total. The van der Waals surface area contributed by atoms with Crippen LogP contribution >= 0.6 is 0 Å². The van der Waals surface area contributed by atoms with E-state index in [1.165, 1.54) is 24.3 Å². The third kappa shape index (κ3) is 6.84. The highest BCUT2D eigenvalue weighted by atomic mass is 19.1. The molecule has 1 aliphatic rings. The molecule has 1 heterocycles. The van der Waals surface area contributed by atoms with Crippen molar-refractivity contribution < 1.29 is 23.5 Å². The second-order valence-corrected chi connectivity index (χ2v) is 8.08. The Labute approximate surface area is 191 Å². The van der Waals surface area contributed by atoms with Gasteiger partial charge in [0.25, 0.3) is 0 Å². The van der Waals surface area contributed by atoms with E-state index in [0.717, 1.165) is 16.8 Å². The van der Waals surface area contributed by atoms with Crippen molar-refractivity contribution in [1.29, 1.82) is 0 Å². The number of halogens is 2. The minimum atomic E-state index is -0.752. The average Bonchev–Trinajstić information content (AvgIpc) is 3.27. The van der Waals surface area contributed by atoms with E-state index >= 15 is 0 Å². The fourth-order valence-corrected chi connectivity index (χ4v) is 3.78. The molecule has 3 aromatic carbocycles. The van der Waals surface area contributed by atoms with Crippen molar-refractivity contribution >= 4 is 5.71 Å². The summed E-state index contributed by atoms with van der Waals surface area (Å²) in [4.78, 5) is 7.62. The van der Waals surface area contributed by atoms with Crippen LogP contribution in [-0.2, 0) is 11.4 Å². The van der Waals surface area contributed by atoms with Crippen molar-refractivity contribution in [3.63, 3.8) is 0 Å². The predicted octanol–water partition coefficient (Wildman–Crippen LogP) is 4.40. The summed E-state index contributed by atoms with van der Waals surface area (Å²) >= 11 is 0. The second kappa shape index (κ2) is 11.0. The summed E-state index contributed by atoms with van der Waals surface area (Å²) in [6, 6.07) is 21.8. The first kappa shape index (κ1) is 22.9. The van der Waals surface area contributed by atoms with Gasteiger partial charge >= 0.3 is 0 Å². The van der Waals surface area contributed by atoms with Gasteiger partial charge in [-0.25, -0.2) is 8.78 Å². The summed E-state index contributed by atoms with van der Waals surface area (Å²) in [7, 11) is 0. The number of aliphatic hydroxyl groups excluding tert-OH is 1. The molecule has 0 saturated heterocycles. The molecule has 0 aliphatic carbocycles. The maximum atomic E-state index is 13.7. The Kier molecular flexibility index (Phi) is 7.65. The highest BCUT2D eigenvalue weighted by Crippen LogP contribution is 2.19. The van der Waals surface area contributed by atoms with Crippen molar-refractivity contribution in [1.82, 2.24) is 4.90 Å². The minimum absolute atomic E-state index is 0.131. The number of rotatable bonds is 10. The van der Waals surface area contributed by atoms with Gasteiger partial charge in [0.2, 0.25) is 0 Å². The summed E-state index contributed by atoms with van der Waals surface area (Å²) in [6.45, 7) is 1.36. The molecule has 2 atom stereocenters. The Bertz CT molecular complexity index is 1060. The van der Waals surface area contributed by atoms with Gasteiger partial charge in [-0.05, 0) is 47.5 Å². The highest BCUT2D eigenvalue weighted by molar-refractivity contribution is 6.01. The Hall–Kier alpha value is -3.29. The number of nitrogens with zero attached hydrogens (tertiary/aromatic N) is 2. The van der Waals surface area contributed by atoms with Crippen LogP contribution in [0.2, 0.25) is 0 Å². The molecular weight excluding hydrogens is 426 g/mol. The van der Waals surface area contributed by atoms with E-state index in [0.29, 0.717) is 31.8 Å². The smallest absolute Gasteiger partial charge is 0.145 e. The average molecular weight is 453 g/mol. The monoisotopic (exact) mass is 452 g/mol. The number of hydrogen-bond acceptors (Lipinski definition) is 5. The molecule has 0 amide bonds. The van der Waals surface area contributed by atoms with E-state index in [9.17, 15) is 13.9 Å². The van der Waals surface area contributed by atoms with Crippen LogP contribution in [0.4, 0.5) is 8.78 Å².